The molecule has 0 unspecified atom stereocenters. The first kappa shape index (κ1) is 16.0. The molecule has 1 aromatic carbocycles. The lowest BCUT2D eigenvalue weighted by Gasteiger charge is -2.25. The highest BCUT2D eigenvalue weighted by atomic mass is 16.2. The van der Waals surface area contributed by atoms with E-state index in [0.29, 0.717) is 17.8 Å². The Hall–Kier alpha value is -2.40. The normalized spacial score (nSPS) is 12.2. The van der Waals surface area contributed by atoms with Crippen LogP contribution in [0.4, 0.5) is 0 Å². The minimum absolute atomic E-state index is 0.0641. The summed E-state index contributed by atoms with van der Waals surface area (Å²) in [6, 6.07) is 11.7. The van der Waals surface area contributed by atoms with E-state index in [4.69, 9.17) is 0 Å². The van der Waals surface area contributed by atoms with Gasteiger partial charge in [0.05, 0.1) is 6.04 Å². The maximum absolute atomic E-state index is 12.2. The van der Waals surface area contributed by atoms with E-state index in [1.54, 1.807) is 12.3 Å². The van der Waals surface area contributed by atoms with E-state index in [1.807, 2.05) is 44.4 Å². The Morgan fingerprint density at radius 2 is 1.91 bits per heavy atom. The van der Waals surface area contributed by atoms with Crippen LogP contribution in [0, 0.1) is 0 Å². The minimum atomic E-state index is -0.213. The fourth-order valence-electron chi connectivity index (χ4n) is 2.29. The molecule has 2 N–H and O–H groups in total. The van der Waals surface area contributed by atoms with E-state index in [0.717, 1.165) is 5.56 Å². The summed E-state index contributed by atoms with van der Waals surface area (Å²) >= 11 is 0. The molecule has 2 rings (SSSR count). The zero-order valence-electron chi connectivity index (χ0n) is 13.1. The highest BCUT2D eigenvalue weighted by molar-refractivity contribution is 5.99. The van der Waals surface area contributed by atoms with Crippen LogP contribution in [0.25, 0.3) is 0 Å². The number of aromatic nitrogens is 1. The van der Waals surface area contributed by atoms with Crippen molar-refractivity contribution in [1.82, 2.24) is 15.2 Å². The van der Waals surface area contributed by atoms with Gasteiger partial charge >= 0.3 is 0 Å². The molecule has 22 heavy (non-hydrogen) atoms. The van der Waals surface area contributed by atoms with Crippen molar-refractivity contribution in [3.8, 4) is 0 Å². The Kier molecular flexibility index (Phi) is 5.12. The summed E-state index contributed by atoms with van der Waals surface area (Å²) in [5.74, 6) is -0.277. The van der Waals surface area contributed by atoms with Crippen molar-refractivity contribution in [3.63, 3.8) is 0 Å². The molecule has 1 amide bonds. The van der Waals surface area contributed by atoms with Gasteiger partial charge in [-0.25, -0.2) is 0 Å². The molecule has 116 valence electrons. The second kappa shape index (κ2) is 7.04. The number of Topliss-reactive ketones (excluding diaryl/α,β-unsaturated/α-hetero) is 1. The van der Waals surface area contributed by atoms with Crippen LogP contribution in [0.2, 0.25) is 0 Å². The summed E-state index contributed by atoms with van der Waals surface area (Å²) in [5, 5.41) is 2.91. The van der Waals surface area contributed by atoms with Gasteiger partial charge < -0.3 is 15.2 Å². The number of nitrogens with one attached hydrogen (secondary N) is 2. The van der Waals surface area contributed by atoms with Crippen LogP contribution in [0.15, 0.2) is 42.6 Å². The molecule has 0 radical (unpaired) electrons. The second-order valence-corrected chi connectivity index (χ2v) is 5.46. The van der Waals surface area contributed by atoms with Crippen LogP contribution >= 0.6 is 0 Å². The van der Waals surface area contributed by atoms with Crippen molar-refractivity contribution in [2.45, 2.75) is 13.0 Å². The van der Waals surface area contributed by atoms with Gasteiger partial charge in [0.25, 0.3) is 5.91 Å². The zero-order valence-corrected chi connectivity index (χ0v) is 13.1. The van der Waals surface area contributed by atoms with Gasteiger partial charge in [-0.3, -0.25) is 9.59 Å². The van der Waals surface area contributed by atoms with Crippen molar-refractivity contribution in [2.24, 2.45) is 0 Å². The summed E-state index contributed by atoms with van der Waals surface area (Å²) in [7, 11) is 3.96. The molecule has 0 aliphatic heterocycles. The quantitative estimate of drug-likeness (QED) is 0.804. The third-order valence-electron chi connectivity index (χ3n) is 3.60. The molecule has 2 aromatic rings. The van der Waals surface area contributed by atoms with Gasteiger partial charge in [-0.2, -0.15) is 0 Å². The molecule has 0 spiro atoms. The number of carbonyl (C=O) groups is 2. The van der Waals surface area contributed by atoms with E-state index in [9.17, 15) is 9.59 Å². The predicted octanol–water partition coefficient (Wildman–Crippen LogP) is 2.25. The molecular weight excluding hydrogens is 278 g/mol. The highest BCUT2D eigenvalue weighted by Gasteiger charge is 2.16. The van der Waals surface area contributed by atoms with E-state index >= 15 is 0 Å². The average Bonchev–Trinajstić information content (AvgIpc) is 2.98. The maximum atomic E-state index is 12.2. The predicted molar refractivity (Wildman–Crippen MR) is 86.0 cm³/mol. The fraction of sp³-hybridized carbons (Fsp3) is 0.294. The number of amides is 1. The summed E-state index contributed by atoms with van der Waals surface area (Å²) < 4.78 is 0. The number of benzene rings is 1. The Labute approximate surface area is 130 Å². The van der Waals surface area contributed by atoms with Gasteiger partial charge in [0.15, 0.2) is 5.78 Å². The van der Waals surface area contributed by atoms with Crippen LogP contribution < -0.4 is 5.32 Å². The largest absolute Gasteiger partial charge is 0.356 e. The Morgan fingerprint density at radius 3 is 2.45 bits per heavy atom. The second-order valence-electron chi connectivity index (χ2n) is 5.46. The smallest absolute Gasteiger partial charge is 0.267 e. The van der Waals surface area contributed by atoms with Crippen LogP contribution in [-0.4, -0.2) is 42.2 Å². The van der Waals surface area contributed by atoms with E-state index < -0.39 is 0 Å². The van der Waals surface area contributed by atoms with Gasteiger partial charge in [-0.05, 0) is 32.6 Å². The first-order valence-electron chi connectivity index (χ1n) is 7.18. The number of ketones is 1. The van der Waals surface area contributed by atoms with Gasteiger partial charge in [0.2, 0.25) is 0 Å². The van der Waals surface area contributed by atoms with E-state index in [1.165, 1.54) is 6.92 Å². The van der Waals surface area contributed by atoms with Crippen molar-refractivity contribution < 1.29 is 9.59 Å². The molecule has 0 saturated heterocycles. The maximum Gasteiger partial charge on any atom is 0.267 e. The van der Waals surface area contributed by atoms with Gasteiger partial charge in [-0.1, -0.05) is 30.3 Å². The number of nitrogens with zero attached hydrogens (tertiary/aromatic N) is 1. The number of hydrogen-bond acceptors (Lipinski definition) is 3. The third kappa shape index (κ3) is 3.83. The first-order chi connectivity index (χ1) is 10.5. The summed E-state index contributed by atoms with van der Waals surface area (Å²) in [6.45, 7) is 1.96. The number of rotatable bonds is 6. The summed E-state index contributed by atoms with van der Waals surface area (Å²) in [5.41, 5.74) is 2.05. The SMILES string of the molecule is CC(=O)c1c[nH]c(C(=O)NC[C@@H](c2ccccc2)N(C)C)c1. The van der Waals surface area contributed by atoms with Crippen molar-refractivity contribution in [3.05, 3.63) is 59.4 Å². The van der Waals surface area contributed by atoms with Gasteiger partial charge in [0, 0.05) is 18.3 Å². The summed E-state index contributed by atoms with van der Waals surface area (Å²) in [4.78, 5) is 28.3. The number of hydrogen-bond donors (Lipinski definition) is 2. The van der Waals surface area contributed by atoms with Crippen LogP contribution in [0.5, 0.6) is 0 Å². The Balaban J connectivity index is 2.03. The molecule has 1 heterocycles. The lowest BCUT2D eigenvalue weighted by atomic mass is 10.1. The number of H-pyrrole nitrogens is 1. The summed E-state index contributed by atoms with van der Waals surface area (Å²) in [6.07, 6.45) is 1.55. The molecule has 0 saturated carbocycles. The topological polar surface area (TPSA) is 65.2 Å². The van der Waals surface area contributed by atoms with E-state index in [2.05, 4.69) is 15.2 Å². The number of likely N-dealkylation sites (N-methyl/N-ethyl adjacent to an activating group) is 1. The number of carbonyl (C=O) groups excluding carboxylic acids is 2. The standard InChI is InChI=1S/C17H21N3O2/c1-12(21)14-9-15(18-10-14)17(22)19-11-16(20(2)3)13-7-5-4-6-8-13/h4-10,16,18H,11H2,1-3H3,(H,19,22)/t16-/m0/s1. The lowest BCUT2D eigenvalue weighted by Crippen LogP contribution is -2.34. The molecular formula is C17H21N3O2. The molecule has 0 aliphatic carbocycles. The van der Waals surface area contributed by atoms with Gasteiger partial charge in [-0.15, -0.1) is 0 Å². The Morgan fingerprint density at radius 1 is 1.23 bits per heavy atom. The van der Waals surface area contributed by atoms with Crippen molar-refractivity contribution in [1.29, 1.82) is 0 Å². The molecule has 1 atom stereocenters. The molecule has 0 bridgehead atoms. The van der Waals surface area contributed by atoms with Crippen LogP contribution in [-0.2, 0) is 0 Å². The zero-order chi connectivity index (χ0) is 16.1. The minimum Gasteiger partial charge on any atom is -0.356 e. The molecule has 5 heteroatoms. The third-order valence-corrected chi connectivity index (χ3v) is 3.60. The first-order valence-corrected chi connectivity index (χ1v) is 7.18. The highest BCUT2D eigenvalue weighted by Crippen LogP contribution is 2.16. The monoisotopic (exact) mass is 299 g/mol. The molecule has 0 aliphatic rings. The molecule has 5 nitrogen and oxygen atoms in total. The molecule has 0 fully saturated rings. The number of aromatic amines is 1. The average molecular weight is 299 g/mol. The van der Waals surface area contributed by atoms with Gasteiger partial charge in [0.1, 0.15) is 5.69 Å². The molecule has 1 aromatic heterocycles. The fourth-order valence-corrected chi connectivity index (χ4v) is 2.29. The van der Waals surface area contributed by atoms with Crippen LogP contribution in [0.1, 0.15) is 39.4 Å². The van der Waals surface area contributed by atoms with Crippen LogP contribution in [0.3, 0.4) is 0 Å². The lowest BCUT2D eigenvalue weighted by molar-refractivity contribution is 0.0937. The Bertz CT molecular complexity index is 647. The van der Waals surface area contributed by atoms with Crippen molar-refractivity contribution >= 4 is 11.7 Å². The van der Waals surface area contributed by atoms with E-state index in [-0.39, 0.29) is 17.7 Å². The van der Waals surface area contributed by atoms with Crippen molar-refractivity contribution in [2.75, 3.05) is 20.6 Å².